The molecule has 0 radical (unpaired) electrons. The number of methoxy groups -OCH3 is 1. The second-order valence-electron chi connectivity index (χ2n) is 6.52. The predicted molar refractivity (Wildman–Crippen MR) is 84.1 cm³/mol. The Morgan fingerprint density at radius 3 is 2.52 bits per heavy atom. The highest BCUT2D eigenvalue weighted by Gasteiger charge is 2.35. The highest BCUT2D eigenvalue weighted by atomic mass is 16.5. The molecule has 1 aliphatic carbocycles. The summed E-state index contributed by atoms with van der Waals surface area (Å²) in [6.07, 6.45) is 5.18. The van der Waals surface area contributed by atoms with Gasteiger partial charge in [-0.15, -0.1) is 0 Å². The lowest BCUT2D eigenvalue weighted by molar-refractivity contribution is 0.0369. The topological polar surface area (TPSA) is 47.7 Å². The number of rotatable bonds is 5. The molecule has 1 aromatic carbocycles. The quantitative estimate of drug-likeness (QED) is 0.903. The smallest absolute Gasteiger partial charge is 0.161 e. The number of benzene rings is 1. The summed E-state index contributed by atoms with van der Waals surface area (Å²) in [4.78, 5) is 2.24. The van der Waals surface area contributed by atoms with Crippen molar-refractivity contribution in [2.75, 3.05) is 33.8 Å². The van der Waals surface area contributed by atoms with Crippen molar-refractivity contribution in [1.29, 1.82) is 0 Å². The van der Waals surface area contributed by atoms with E-state index < -0.39 is 0 Å². The molecule has 4 nitrogen and oxygen atoms in total. The van der Waals surface area contributed by atoms with E-state index in [1.54, 1.807) is 7.11 Å². The van der Waals surface area contributed by atoms with Gasteiger partial charge in [-0.1, -0.05) is 18.9 Å². The lowest BCUT2D eigenvalue weighted by atomic mass is 9.79. The maximum Gasteiger partial charge on any atom is 0.161 e. The number of nitrogens with two attached hydrogens (primary N) is 1. The fourth-order valence-corrected chi connectivity index (χ4v) is 3.65. The van der Waals surface area contributed by atoms with Crippen molar-refractivity contribution in [2.24, 2.45) is 5.73 Å². The van der Waals surface area contributed by atoms with Gasteiger partial charge in [0.1, 0.15) is 6.10 Å². The van der Waals surface area contributed by atoms with Gasteiger partial charge in [-0.2, -0.15) is 0 Å². The van der Waals surface area contributed by atoms with Crippen LogP contribution in [-0.2, 0) is 5.41 Å². The van der Waals surface area contributed by atoms with Crippen molar-refractivity contribution < 1.29 is 9.47 Å². The molecule has 1 aromatic rings. The average molecular weight is 290 g/mol. The van der Waals surface area contributed by atoms with Crippen molar-refractivity contribution in [3.63, 3.8) is 0 Å². The van der Waals surface area contributed by atoms with Crippen LogP contribution in [0.25, 0.3) is 0 Å². The molecule has 2 N–H and O–H groups in total. The summed E-state index contributed by atoms with van der Waals surface area (Å²) in [6.45, 7) is 2.68. The Balaban J connectivity index is 1.81. The lowest BCUT2D eigenvalue weighted by Gasteiger charge is -2.36. The van der Waals surface area contributed by atoms with Crippen molar-refractivity contribution in [1.82, 2.24) is 4.90 Å². The largest absolute Gasteiger partial charge is 0.493 e. The second-order valence-corrected chi connectivity index (χ2v) is 6.52. The SMILES string of the molecule is COc1cc(C2(CN)CCCC2)ccc1OC1CN(C)C1. The van der Waals surface area contributed by atoms with Crippen LogP contribution in [0.3, 0.4) is 0 Å². The highest BCUT2D eigenvalue weighted by Crippen LogP contribution is 2.43. The van der Waals surface area contributed by atoms with Crippen LogP contribution in [0.2, 0.25) is 0 Å². The van der Waals surface area contributed by atoms with Gasteiger partial charge in [-0.25, -0.2) is 0 Å². The van der Waals surface area contributed by atoms with E-state index in [0.29, 0.717) is 6.54 Å². The standard InChI is InChI=1S/C17H26N2O2/c1-19-10-14(11-19)21-15-6-5-13(9-16(15)20-2)17(12-18)7-3-4-8-17/h5-6,9,14H,3-4,7-8,10-12,18H2,1-2H3. The molecule has 1 saturated carbocycles. The molecule has 0 amide bonds. The van der Waals surface area contributed by atoms with Crippen LogP contribution in [0.5, 0.6) is 11.5 Å². The van der Waals surface area contributed by atoms with Crippen LogP contribution < -0.4 is 15.2 Å². The maximum absolute atomic E-state index is 6.08. The Hall–Kier alpha value is -1.26. The second kappa shape index (κ2) is 5.85. The molecule has 0 bridgehead atoms. The van der Waals surface area contributed by atoms with Gasteiger partial charge in [0, 0.05) is 25.0 Å². The number of likely N-dealkylation sites (tertiary alicyclic amines) is 1. The third-order valence-corrected chi connectivity index (χ3v) is 5.05. The summed E-state index contributed by atoms with van der Waals surface area (Å²) in [5, 5.41) is 0. The molecule has 0 spiro atoms. The molecule has 4 heteroatoms. The van der Waals surface area contributed by atoms with Gasteiger partial charge in [0.25, 0.3) is 0 Å². The van der Waals surface area contributed by atoms with Gasteiger partial charge in [-0.05, 0) is 37.6 Å². The Morgan fingerprint density at radius 1 is 1.24 bits per heavy atom. The minimum absolute atomic E-state index is 0.141. The third-order valence-electron chi connectivity index (χ3n) is 5.05. The highest BCUT2D eigenvalue weighted by molar-refractivity contribution is 5.46. The zero-order valence-corrected chi connectivity index (χ0v) is 13.1. The molecular formula is C17H26N2O2. The number of nitrogens with zero attached hydrogens (tertiary/aromatic N) is 1. The van der Waals surface area contributed by atoms with Crippen molar-refractivity contribution in [3.05, 3.63) is 23.8 Å². The number of likely N-dealkylation sites (N-methyl/N-ethyl adjacent to an activating group) is 1. The molecule has 21 heavy (non-hydrogen) atoms. The Kier molecular flexibility index (Phi) is 4.09. The van der Waals surface area contributed by atoms with Crippen LogP contribution in [0.15, 0.2) is 18.2 Å². The zero-order valence-electron chi connectivity index (χ0n) is 13.1. The van der Waals surface area contributed by atoms with Crippen LogP contribution >= 0.6 is 0 Å². The fraction of sp³-hybridized carbons (Fsp3) is 0.647. The van der Waals surface area contributed by atoms with E-state index in [1.807, 2.05) is 0 Å². The number of hydrogen-bond acceptors (Lipinski definition) is 4. The van der Waals surface area contributed by atoms with E-state index in [-0.39, 0.29) is 11.5 Å². The van der Waals surface area contributed by atoms with E-state index in [4.69, 9.17) is 15.2 Å². The molecule has 0 aromatic heterocycles. The zero-order chi connectivity index (χ0) is 14.9. The van der Waals surface area contributed by atoms with Crippen molar-refractivity contribution >= 4 is 0 Å². The first kappa shape index (κ1) is 14.7. The van der Waals surface area contributed by atoms with Gasteiger partial charge in [0.05, 0.1) is 7.11 Å². The van der Waals surface area contributed by atoms with Gasteiger partial charge in [0.2, 0.25) is 0 Å². The Labute approximate surface area is 127 Å². The third kappa shape index (κ3) is 2.74. The number of ether oxygens (including phenoxy) is 2. The van der Waals surface area contributed by atoms with E-state index in [1.165, 1.54) is 31.2 Å². The predicted octanol–water partition coefficient (Wildman–Crippen LogP) is 2.16. The normalized spacial score (nSPS) is 22.0. The molecule has 2 aliphatic rings. The van der Waals surface area contributed by atoms with Crippen molar-refractivity contribution in [3.8, 4) is 11.5 Å². The molecular weight excluding hydrogens is 264 g/mol. The summed E-state index contributed by atoms with van der Waals surface area (Å²) in [5.41, 5.74) is 7.52. The lowest BCUT2D eigenvalue weighted by Crippen LogP contribution is -2.51. The summed E-state index contributed by atoms with van der Waals surface area (Å²) in [5.74, 6) is 1.69. The molecule has 116 valence electrons. The first-order valence-electron chi connectivity index (χ1n) is 7.91. The molecule has 1 aliphatic heterocycles. The minimum atomic E-state index is 0.141. The first-order chi connectivity index (χ1) is 10.2. The van der Waals surface area contributed by atoms with Gasteiger partial charge < -0.3 is 15.2 Å². The monoisotopic (exact) mass is 290 g/mol. The van der Waals surface area contributed by atoms with E-state index >= 15 is 0 Å². The molecule has 2 fully saturated rings. The summed E-state index contributed by atoms with van der Waals surface area (Å²) < 4.78 is 11.6. The van der Waals surface area contributed by atoms with Crippen LogP contribution in [0.4, 0.5) is 0 Å². The van der Waals surface area contributed by atoms with Crippen LogP contribution in [0, 0.1) is 0 Å². The summed E-state index contributed by atoms with van der Waals surface area (Å²) >= 11 is 0. The van der Waals surface area contributed by atoms with Crippen LogP contribution in [-0.4, -0.2) is 44.8 Å². The Bertz CT molecular complexity index is 492. The summed E-state index contributed by atoms with van der Waals surface area (Å²) in [7, 11) is 3.81. The van der Waals surface area contributed by atoms with Gasteiger partial charge in [0.15, 0.2) is 11.5 Å². The Morgan fingerprint density at radius 2 is 1.95 bits per heavy atom. The number of hydrogen-bond donors (Lipinski definition) is 1. The van der Waals surface area contributed by atoms with Gasteiger partial charge >= 0.3 is 0 Å². The first-order valence-corrected chi connectivity index (χ1v) is 7.91. The van der Waals surface area contributed by atoms with Crippen molar-refractivity contribution in [2.45, 2.75) is 37.2 Å². The molecule has 0 unspecified atom stereocenters. The van der Waals surface area contributed by atoms with E-state index in [0.717, 1.165) is 24.6 Å². The van der Waals surface area contributed by atoms with E-state index in [2.05, 4.69) is 30.1 Å². The maximum atomic E-state index is 6.08. The molecule has 3 rings (SSSR count). The molecule has 1 saturated heterocycles. The molecule has 1 heterocycles. The molecule has 0 atom stereocenters. The average Bonchev–Trinajstić information content (AvgIpc) is 2.96. The fourth-order valence-electron chi connectivity index (χ4n) is 3.65. The van der Waals surface area contributed by atoms with Gasteiger partial charge in [-0.3, -0.25) is 4.90 Å². The van der Waals surface area contributed by atoms with E-state index in [9.17, 15) is 0 Å². The summed E-state index contributed by atoms with van der Waals surface area (Å²) in [6, 6.07) is 6.37. The minimum Gasteiger partial charge on any atom is -0.493 e. The van der Waals surface area contributed by atoms with Crippen LogP contribution in [0.1, 0.15) is 31.2 Å².